The predicted octanol–water partition coefficient (Wildman–Crippen LogP) is 5.23. The number of hydrogen-bond donors (Lipinski definition) is 0. The van der Waals surface area contributed by atoms with Crippen LogP contribution in [0.2, 0.25) is 0 Å². The monoisotopic (exact) mass is 358 g/mol. The van der Waals surface area contributed by atoms with Crippen LogP contribution in [0.15, 0.2) is 18.2 Å². The van der Waals surface area contributed by atoms with E-state index in [-0.39, 0.29) is 24.1 Å². The van der Waals surface area contributed by atoms with Gasteiger partial charge in [0.15, 0.2) is 0 Å². The first-order valence-corrected chi connectivity index (χ1v) is 10.2. The van der Waals surface area contributed by atoms with Gasteiger partial charge in [-0.1, -0.05) is 19.8 Å². The van der Waals surface area contributed by atoms with E-state index in [1.807, 2.05) is 19.1 Å². The first-order valence-electron chi connectivity index (χ1n) is 10.2. The van der Waals surface area contributed by atoms with Crippen molar-refractivity contribution in [2.24, 2.45) is 0 Å². The molecule has 0 atom stereocenters. The van der Waals surface area contributed by atoms with E-state index < -0.39 is 0 Å². The minimum absolute atomic E-state index is 0.0131. The summed E-state index contributed by atoms with van der Waals surface area (Å²) in [6, 6.07) is 5.31. The van der Waals surface area contributed by atoms with Gasteiger partial charge in [0.2, 0.25) is 0 Å². The normalized spacial score (nSPS) is 19.1. The highest BCUT2D eigenvalue weighted by atomic mass is 16.5. The Kier molecular flexibility index (Phi) is 6.70. The maximum atomic E-state index is 12.6. The van der Waals surface area contributed by atoms with Crippen molar-refractivity contribution in [1.29, 1.82) is 0 Å². The smallest absolute Gasteiger partial charge is 0.338 e. The summed E-state index contributed by atoms with van der Waals surface area (Å²) in [7, 11) is 0. The quantitative estimate of drug-likeness (QED) is 0.677. The lowest BCUT2D eigenvalue weighted by Gasteiger charge is -2.23. The predicted molar refractivity (Wildman–Crippen MR) is 100 cm³/mol. The fourth-order valence-electron chi connectivity index (χ4n) is 3.94. The zero-order valence-corrected chi connectivity index (χ0v) is 15.8. The second-order valence-corrected chi connectivity index (χ2v) is 7.60. The first kappa shape index (κ1) is 18.9. The molecule has 2 fully saturated rings. The average Bonchev–Trinajstić information content (AvgIpc) is 2.69. The van der Waals surface area contributed by atoms with Crippen LogP contribution in [0.4, 0.5) is 0 Å². The van der Waals surface area contributed by atoms with E-state index >= 15 is 0 Å². The Morgan fingerprint density at radius 2 is 1.19 bits per heavy atom. The summed E-state index contributed by atoms with van der Waals surface area (Å²) in [5.74, 6) is -0.641. The molecule has 2 saturated carbocycles. The summed E-state index contributed by atoms with van der Waals surface area (Å²) in [5, 5.41) is 0. The average molecular weight is 358 g/mol. The molecule has 0 radical (unpaired) electrons. The molecule has 0 amide bonds. The number of carbonyl (C=O) groups is 2. The zero-order valence-electron chi connectivity index (χ0n) is 15.8. The highest BCUT2D eigenvalue weighted by Gasteiger charge is 2.22. The van der Waals surface area contributed by atoms with Crippen molar-refractivity contribution in [2.75, 3.05) is 0 Å². The second-order valence-electron chi connectivity index (χ2n) is 7.60. The van der Waals surface area contributed by atoms with E-state index in [4.69, 9.17) is 9.47 Å². The van der Waals surface area contributed by atoms with Crippen molar-refractivity contribution in [1.82, 2.24) is 0 Å². The van der Waals surface area contributed by atoms with Gasteiger partial charge in [-0.15, -0.1) is 0 Å². The van der Waals surface area contributed by atoms with Gasteiger partial charge in [-0.3, -0.25) is 0 Å². The van der Waals surface area contributed by atoms with Gasteiger partial charge in [0.1, 0.15) is 12.2 Å². The van der Waals surface area contributed by atoms with Crippen LogP contribution < -0.4 is 0 Å². The maximum Gasteiger partial charge on any atom is 0.338 e. The van der Waals surface area contributed by atoms with Crippen LogP contribution in [0.3, 0.4) is 0 Å². The zero-order chi connectivity index (χ0) is 18.4. The molecule has 3 rings (SSSR count). The van der Waals surface area contributed by atoms with Crippen LogP contribution >= 0.6 is 0 Å². The van der Waals surface area contributed by atoms with E-state index in [2.05, 4.69) is 0 Å². The molecule has 0 N–H and O–H groups in total. The minimum Gasteiger partial charge on any atom is -0.459 e. The Morgan fingerprint density at radius 1 is 0.769 bits per heavy atom. The Hall–Kier alpha value is -1.84. The number of ether oxygens (including phenoxy) is 2. The SMILES string of the molecule is CCc1cc(C(=O)OC2CCCCC2)cc(C(=O)OC2CCCCC2)c1. The lowest BCUT2D eigenvalue weighted by atomic mass is 9.97. The molecule has 0 unspecified atom stereocenters. The van der Waals surface area contributed by atoms with Gasteiger partial charge >= 0.3 is 11.9 Å². The number of carbonyl (C=O) groups excluding carboxylic acids is 2. The molecule has 0 aromatic heterocycles. The number of aryl methyl sites for hydroxylation is 1. The van der Waals surface area contributed by atoms with Gasteiger partial charge < -0.3 is 9.47 Å². The van der Waals surface area contributed by atoms with Crippen molar-refractivity contribution >= 4 is 11.9 Å². The minimum atomic E-state index is -0.320. The maximum absolute atomic E-state index is 12.6. The number of hydrogen-bond acceptors (Lipinski definition) is 4. The third-order valence-corrected chi connectivity index (χ3v) is 5.52. The van der Waals surface area contributed by atoms with Gasteiger partial charge in [0.25, 0.3) is 0 Å². The molecule has 0 aliphatic heterocycles. The third-order valence-electron chi connectivity index (χ3n) is 5.52. The second kappa shape index (κ2) is 9.20. The number of benzene rings is 1. The molecule has 2 aliphatic rings. The molecule has 0 bridgehead atoms. The summed E-state index contributed by atoms with van der Waals surface area (Å²) < 4.78 is 11.3. The molecule has 0 spiro atoms. The van der Waals surface area contributed by atoms with Gasteiger partial charge in [-0.2, -0.15) is 0 Å². The molecule has 4 nitrogen and oxygen atoms in total. The van der Waals surface area contributed by atoms with Crippen LogP contribution in [0, 0.1) is 0 Å². The standard InChI is InChI=1S/C22H30O4/c1-2-16-13-17(21(23)25-19-9-5-3-6-10-19)15-18(14-16)22(24)26-20-11-7-4-8-12-20/h13-15,19-20H,2-12H2,1H3. The fourth-order valence-corrected chi connectivity index (χ4v) is 3.94. The number of rotatable bonds is 5. The highest BCUT2D eigenvalue weighted by Crippen LogP contribution is 2.24. The summed E-state index contributed by atoms with van der Waals surface area (Å²) in [6.45, 7) is 2.02. The molecule has 2 aliphatic carbocycles. The largest absolute Gasteiger partial charge is 0.459 e. The van der Waals surface area contributed by atoms with E-state index in [0.717, 1.165) is 63.4 Å². The first-order chi connectivity index (χ1) is 12.7. The fraction of sp³-hybridized carbons (Fsp3) is 0.636. The third kappa shape index (κ3) is 5.09. The van der Waals surface area contributed by atoms with Crippen molar-refractivity contribution in [3.05, 3.63) is 34.9 Å². The molecular formula is C22H30O4. The lowest BCUT2D eigenvalue weighted by Crippen LogP contribution is -2.22. The van der Waals surface area contributed by atoms with E-state index in [0.29, 0.717) is 11.1 Å². The molecule has 26 heavy (non-hydrogen) atoms. The molecule has 1 aromatic rings. The van der Waals surface area contributed by atoms with Crippen molar-refractivity contribution in [3.8, 4) is 0 Å². The number of esters is 2. The van der Waals surface area contributed by atoms with E-state index in [1.165, 1.54) is 12.8 Å². The Bertz CT molecular complexity index is 575. The molecule has 4 heteroatoms. The van der Waals surface area contributed by atoms with Crippen molar-refractivity contribution in [3.63, 3.8) is 0 Å². The molecule has 142 valence electrons. The molecule has 1 aromatic carbocycles. The van der Waals surface area contributed by atoms with Crippen LogP contribution in [-0.4, -0.2) is 24.1 Å². The Morgan fingerprint density at radius 3 is 1.58 bits per heavy atom. The molecular weight excluding hydrogens is 328 g/mol. The van der Waals surface area contributed by atoms with Gasteiger partial charge in [-0.25, -0.2) is 9.59 Å². The summed E-state index contributed by atoms with van der Waals surface area (Å²) in [4.78, 5) is 25.1. The van der Waals surface area contributed by atoms with Crippen LogP contribution in [0.25, 0.3) is 0 Å². The Labute approximate surface area is 156 Å². The lowest BCUT2D eigenvalue weighted by molar-refractivity contribution is 0.0209. The van der Waals surface area contributed by atoms with Crippen LogP contribution in [0.5, 0.6) is 0 Å². The molecule has 0 saturated heterocycles. The van der Waals surface area contributed by atoms with E-state index in [1.54, 1.807) is 6.07 Å². The Balaban J connectivity index is 1.70. The molecule has 0 heterocycles. The highest BCUT2D eigenvalue weighted by molar-refractivity contribution is 5.95. The van der Waals surface area contributed by atoms with Crippen LogP contribution in [0.1, 0.15) is 97.4 Å². The van der Waals surface area contributed by atoms with Crippen molar-refractivity contribution in [2.45, 2.75) is 89.8 Å². The summed E-state index contributed by atoms with van der Waals surface area (Å²) in [5.41, 5.74) is 1.88. The van der Waals surface area contributed by atoms with Gasteiger partial charge in [-0.05, 0) is 81.5 Å². The summed E-state index contributed by atoms with van der Waals surface area (Å²) >= 11 is 0. The van der Waals surface area contributed by atoms with Crippen LogP contribution in [-0.2, 0) is 15.9 Å². The van der Waals surface area contributed by atoms with Gasteiger partial charge in [0.05, 0.1) is 11.1 Å². The van der Waals surface area contributed by atoms with Gasteiger partial charge in [0, 0.05) is 0 Å². The van der Waals surface area contributed by atoms with E-state index in [9.17, 15) is 9.59 Å². The topological polar surface area (TPSA) is 52.6 Å². The summed E-state index contributed by atoms with van der Waals surface area (Å²) in [6.07, 6.45) is 11.5. The van der Waals surface area contributed by atoms with Crippen molar-refractivity contribution < 1.29 is 19.1 Å².